The second-order valence-electron chi connectivity index (χ2n) is 7.55. The summed E-state index contributed by atoms with van der Waals surface area (Å²) in [6, 6.07) is 7.91. The summed E-state index contributed by atoms with van der Waals surface area (Å²) in [6.07, 6.45) is 4.85. The van der Waals surface area contributed by atoms with E-state index in [0.29, 0.717) is 22.2 Å². The number of rotatable bonds is 6. The number of nitrogens with one attached hydrogen (secondary N) is 2. The second kappa shape index (κ2) is 8.82. The summed E-state index contributed by atoms with van der Waals surface area (Å²) in [5.41, 5.74) is 3.58. The van der Waals surface area contributed by atoms with Gasteiger partial charge >= 0.3 is 0 Å². The number of H-pyrrole nitrogens is 1. The highest BCUT2D eigenvalue weighted by Gasteiger charge is 2.23. The number of halogens is 1. The van der Waals surface area contributed by atoms with E-state index in [4.69, 9.17) is 11.6 Å². The summed E-state index contributed by atoms with van der Waals surface area (Å²) in [4.78, 5) is 30.0. The molecular formula is C22H28ClN3O2. The molecule has 0 bridgehead atoms. The van der Waals surface area contributed by atoms with Crippen LogP contribution in [0, 0.1) is 13.8 Å². The summed E-state index contributed by atoms with van der Waals surface area (Å²) >= 11 is 6.33. The Morgan fingerprint density at radius 3 is 2.57 bits per heavy atom. The molecule has 0 spiro atoms. The van der Waals surface area contributed by atoms with Crippen LogP contribution in [0.5, 0.6) is 0 Å². The molecule has 1 aromatic carbocycles. The molecule has 3 rings (SSSR count). The molecule has 1 fully saturated rings. The van der Waals surface area contributed by atoms with Crippen LogP contribution >= 0.6 is 11.6 Å². The summed E-state index contributed by atoms with van der Waals surface area (Å²) in [5.74, 6) is -0.231. The lowest BCUT2D eigenvalue weighted by atomic mass is 10.1. The number of carbonyl (C=O) groups is 1. The van der Waals surface area contributed by atoms with Crippen LogP contribution in [0.4, 0.5) is 5.69 Å². The van der Waals surface area contributed by atoms with E-state index in [1.54, 1.807) is 6.07 Å². The average molecular weight is 402 g/mol. The van der Waals surface area contributed by atoms with Gasteiger partial charge in [0.25, 0.3) is 11.5 Å². The number of aromatic nitrogens is 1. The predicted molar refractivity (Wildman–Crippen MR) is 114 cm³/mol. The number of hydrogen-bond donors (Lipinski definition) is 2. The minimum Gasteiger partial charge on any atom is -0.369 e. The molecule has 2 aromatic rings. The van der Waals surface area contributed by atoms with Gasteiger partial charge in [0.1, 0.15) is 0 Å². The standard InChI is InChI=1S/C22H28ClN3O2/c1-4-26(18-7-5-6-8-18)19-11-16(10-17(23)12-19)21(27)24-13-20-14(2)9-15(3)25-22(20)28/h9-12,18H,4-8,13H2,1-3H3,(H,24,27)(H,25,28). The fourth-order valence-electron chi connectivity index (χ4n) is 4.11. The molecule has 0 saturated heterocycles. The fourth-order valence-corrected chi connectivity index (χ4v) is 4.34. The van der Waals surface area contributed by atoms with E-state index in [9.17, 15) is 9.59 Å². The number of anilines is 1. The Balaban J connectivity index is 1.78. The highest BCUT2D eigenvalue weighted by atomic mass is 35.5. The molecular weight excluding hydrogens is 374 g/mol. The first-order valence-electron chi connectivity index (χ1n) is 9.94. The Morgan fingerprint density at radius 1 is 1.21 bits per heavy atom. The van der Waals surface area contributed by atoms with Crippen molar-refractivity contribution in [2.75, 3.05) is 11.4 Å². The smallest absolute Gasteiger partial charge is 0.253 e. The van der Waals surface area contributed by atoms with Crippen LogP contribution < -0.4 is 15.8 Å². The van der Waals surface area contributed by atoms with Crippen molar-refractivity contribution < 1.29 is 4.79 Å². The van der Waals surface area contributed by atoms with E-state index in [-0.39, 0.29) is 18.0 Å². The monoisotopic (exact) mass is 401 g/mol. The number of nitrogens with zero attached hydrogens (tertiary/aromatic N) is 1. The van der Waals surface area contributed by atoms with Gasteiger partial charge < -0.3 is 15.2 Å². The number of carbonyl (C=O) groups excluding carboxylic acids is 1. The quantitative estimate of drug-likeness (QED) is 0.756. The van der Waals surface area contributed by atoms with Gasteiger partial charge in [-0.25, -0.2) is 0 Å². The number of benzene rings is 1. The van der Waals surface area contributed by atoms with Gasteiger partial charge in [-0.1, -0.05) is 24.4 Å². The van der Waals surface area contributed by atoms with Gasteiger partial charge in [0.15, 0.2) is 0 Å². The molecule has 1 aliphatic rings. The Morgan fingerprint density at radius 2 is 1.93 bits per heavy atom. The fraction of sp³-hybridized carbons (Fsp3) is 0.455. The van der Waals surface area contributed by atoms with Crippen LogP contribution in [0.25, 0.3) is 0 Å². The molecule has 1 amide bonds. The minimum atomic E-state index is -0.231. The zero-order valence-corrected chi connectivity index (χ0v) is 17.5. The molecule has 0 radical (unpaired) electrons. The maximum atomic E-state index is 12.7. The van der Waals surface area contributed by atoms with Crippen LogP contribution in [0.3, 0.4) is 0 Å². The summed E-state index contributed by atoms with van der Waals surface area (Å²) in [7, 11) is 0. The van der Waals surface area contributed by atoms with Crippen LogP contribution in [-0.2, 0) is 6.54 Å². The molecule has 1 aromatic heterocycles. The number of amides is 1. The number of hydrogen-bond acceptors (Lipinski definition) is 3. The van der Waals surface area contributed by atoms with E-state index >= 15 is 0 Å². The molecule has 150 valence electrons. The van der Waals surface area contributed by atoms with E-state index in [2.05, 4.69) is 22.1 Å². The molecule has 1 aliphatic carbocycles. The lowest BCUT2D eigenvalue weighted by Gasteiger charge is -2.30. The Labute approximate surface area is 171 Å². The normalized spacial score (nSPS) is 14.3. The van der Waals surface area contributed by atoms with E-state index in [1.165, 1.54) is 25.7 Å². The van der Waals surface area contributed by atoms with E-state index in [1.807, 2.05) is 32.0 Å². The van der Waals surface area contributed by atoms with E-state index < -0.39 is 0 Å². The summed E-state index contributed by atoms with van der Waals surface area (Å²) in [6.45, 7) is 6.91. The van der Waals surface area contributed by atoms with Gasteiger partial charge in [0.2, 0.25) is 0 Å². The van der Waals surface area contributed by atoms with Gasteiger partial charge in [-0.2, -0.15) is 0 Å². The van der Waals surface area contributed by atoms with Crippen molar-refractivity contribution in [3.8, 4) is 0 Å². The molecule has 1 heterocycles. The third kappa shape index (κ3) is 4.58. The lowest BCUT2D eigenvalue weighted by Crippen LogP contribution is -2.33. The third-order valence-corrected chi connectivity index (χ3v) is 5.72. The largest absolute Gasteiger partial charge is 0.369 e. The Hall–Kier alpha value is -2.27. The van der Waals surface area contributed by atoms with Crippen molar-refractivity contribution in [1.82, 2.24) is 10.3 Å². The van der Waals surface area contributed by atoms with E-state index in [0.717, 1.165) is 23.5 Å². The number of aryl methyl sites for hydroxylation is 2. The van der Waals surface area contributed by atoms with Gasteiger partial charge in [0.05, 0.1) is 0 Å². The molecule has 28 heavy (non-hydrogen) atoms. The molecule has 0 unspecified atom stereocenters. The first kappa shape index (κ1) is 20.5. The first-order chi connectivity index (χ1) is 13.4. The molecule has 1 saturated carbocycles. The van der Waals surface area contributed by atoms with Crippen LogP contribution in [0.1, 0.15) is 59.8 Å². The lowest BCUT2D eigenvalue weighted by molar-refractivity contribution is 0.0950. The summed E-state index contributed by atoms with van der Waals surface area (Å²) in [5, 5.41) is 3.41. The number of pyridine rings is 1. The minimum absolute atomic E-state index is 0.164. The first-order valence-corrected chi connectivity index (χ1v) is 10.3. The highest BCUT2D eigenvalue weighted by Crippen LogP contribution is 2.30. The van der Waals surface area contributed by atoms with Gasteiger partial charge in [-0.3, -0.25) is 9.59 Å². The van der Waals surface area contributed by atoms with Crippen molar-refractivity contribution >= 4 is 23.2 Å². The third-order valence-electron chi connectivity index (χ3n) is 5.50. The SMILES string of the molecule is CCN(c1cc(Cl)cc(C(=O)NCc2c(C)cc(C)[nH]c2=O)c1)C1CCCC1. The molecule has 0 atom stereocenters. The maximum absolute atomic E-state index is 12.7. The van der Waals surface area contributed by atoms with Crippen LogP contribution in [0.2, 0.25) is 5.02 Å². The Kier molecular flexibility index (Phi) is 6.45. The van der Waals surface area contributed by atoms with Crippen molar-refractivity contribution in [2.45, 2.75) is 59.0 Å². The summed E-state index contributed by atoms with van der Waals surface area (Å²) < 4.78 is 0. The highest BCUT2D eigenvalue weighted by molar-refractivity contribution is 6.31. The zero-order valence-electron chi connectivity index (χ0n) is 16.8. The predicted octanol–water partition coefficient (Wildman–Crippen LogP) is 4.34. The van der Waals surface area contributed by atoms with Gasteiger partial charge in [0, 0.05) is 46.7 Å². The molecule has 5 nitrogen and oxygen atoms in total. The van der Waals surface area contributed by atoms with Crippen molar-refractivity contribution in [2.24, 2.45) is 0 Å². The van der Waals surface area contributed by atoms with Gasteiger partial charge in [-0.05, 0) is 63.4 Å². The van der Waals surface area contributed by atoms with Crippen LogP contribution in [0.15, 0.2) is 29.1 Å². The molecule has 2 N–H and O–H groups in total. The molecule has 6 heteroatoms. The average Bonchev–Trinajstić information content (AvgIpc) is 3.15. The molecule has 0 aliphatic heterocycles. The number of aromatic amines is 1. The van der Waals surface area contributed by atoms with Crippen molar-refractivity contribution in [1.29, 1.82) is 0 Å². The zero-order chi connectivity index (χ0) is 20.3. The van der Waals surface area contributed by atoms with Crippen molar-refractivity contribution in [3.63, 3.8) is 0 Å². The van der Waals surface area contributed by atoms with Crippen molar-refractivity contribution in [3.05, 3.63) is 62.0 Å². The second-order valence-corrected chi connectivity index (χ2v) is 7.98. The van der Waals surface area contributed by atoms with Crippen LogP contribution in [-0.4, -0.2) is 23.5 Å². The topological polar surface area (TPSA) is 65.2 Å². The van der Waals surface area contributed by atoms with Gasteiger partial charge in [-0.15, -0.1) is 0 Å². The Bertz CT molecular complexity index is 916. The maximum Gasteiger partial charge on any atom is 0.253 e.